The minimum Gasteiger partial charge on any atom is -0.354 e. The minimum absolute atomic E-state index is 0.212. The highest BCUT2D eigenvalue weighted by atomic mass is 35.5. The number of aryl methyl sites for hydroxylation is 1. The van der Waals surface area contributed by atoms with Crippen molar-refractivity contribution in [1.82, 2.24) is 15.0 Å². The number of hydrogen-bond acceptors (Lipinski definition) is 5. The zero-order chi connectivity index (χ0) is 13.7. The smallest absolute Gasteiger partial charge is 0.228 e. The molecule has 0 aliphatic rings. The largest absolute Gasteiger partial charge is 0.354 e. The molecule has 6 heteroatoms. The van der Waals surface area contributed by atoms with E-state index in [9.17, 15) is 0 Å². The zero-order valence-electron chi connectivity index (χ0n) is 10.9. The number of benzene rings is 1. The fourth-order valence-corrected chi connectivity index (χ4v) is 2.55. The molecule has 1 aromatic carbocycles. The second-order valence-electron chi connectivity index (χ2n) is 4.06. The van der Waals surface area contributed by atoms with Crippen molar-refractivity contribution in [2.75, 3.05) is 11.9 Å². The lowest BCUT2D eigenvalue weighted by atomic mass is 10.2. The van der Waals surface area contributed by atoms with Gasteiger partial charge in [-0.15, -0.1) is 0 Å². The first-order chi connectivity index (χ1) is 9.17. The molecule has 1 N–H and O–H groups in total. The van der Waals surface area contributed by atoms with E-state index in [-0.39, 0.29) is 5.28 Å². The Bertz CT molecular complexity index is 562. The first-order valence-electron chi connectivity index (χ1n) is 6.07. The summed E-state index contributed by atoms with van der Waals surface area (Å²) >= 11 is 7.39. The van der Waals surface area contributed by atoms with Gasteiger partial charge in [0, 0.05) is 11.4 Å². The summed E-state index contributed by atoms with van der Waals surface area (Å²) in [4.78, 5) is 13.6. The fourth-order valence-electron chi connectivity index (χ4n) is 1.48. The lowest BCUT2D eigenvalue weighted by molar-refractivity contribution is 0.878. The Balaban J connectivity index is 2.17. The Labute approximate surface area is 122 Å². The van der Waals surface area contributed by atoms with E-state index >= 15 is 0 Å². The maximum atomic E-state index is 5.91. The average molecular weight is 295 g/mol. The van der Waals surface area contributed by atoms with Gasteiger partial charge >= 0.3 is 0 Å². The predicted molar refractivity (Wildman–Crippen MR) is 78.9 cm³/mol. The Morgan fingerprint density at radius 1 is 1.26 bits per heavy atom. The molecule has 100 valence electrons. The van der Waals surface area contributed by atoms with Crippen LogP contribution in [0.4, 0.5) is 5.95 Å². The Morgan fingerprint density at radius 2 is 2.11 bits per heavy atom. The van der Waals surface area contributed by atoms with Crippen LogP contribution in [-0.4, -0.2) is 21.5 Å². The first-order valence-corrected chi connectivity index (χ1v) is 7.27. The van der Waals surface area contributed by atoms with Gasteiger partial charge in [0.25, 0.3) is 0 Å². The third kappa shape index (κ3) is 4.36. The fraction of sp³-hybridized carbons (Fsp3) is 0.308. The topological polar surface area (TPSA) is 50.7 Å². The highest BCUT2D eigenvalue weighted by Crippen LogP contribution is 2.26. The second-order valence-corrected chi connectivity index (χ2v) is 5.43. The Morgan fingerprint density at radius 3 is 2.84 bits per heavy atom. The van der Waals surface area contributed by atoms with Crippen LogP contribution in [0.15, 0.2) is 34.3 Å². The van der Waals surface area contributed by atoms with Gasteiger partial charge in [0.05, 0.1) is 0 Å². The number of nitrogens with zero attached hydrogens (tertiary/aromatic N) is 3. The summed E-state index contributed by atoms with van der Waals surface area (Å²) in [6, 6.07) is 8.17. The monoisotopic (exact) mass is 294 g/mol. The number of hydrogen-bond donors (Lipinski definition) is 1. The van der Waals surface area contributed by atoms with Crippen LogP contribution in [0.2, 0.25) is 5.28 Å². The van der Waals surface area contributed by atoms with Crippen LogP contribution in [0.5, 0.6) is 0 Å². The van der Waals surface area contributed by atoms with E-state index < -0.39 is 0 Å². The van der Waals surface area contributed by atoms with Gasteiger partial charge in [-0.1, -0.05) is 24.6 Å². The van der Waals surface area contributed by atoms with Gasteiger partial charge in [-0.3, -0.25) is 0 Å². The summed E-state index contributed by atoms with van der Waals surface area (Å²) < 4.78 is 0. The van der Waals surface area contributed by atoms with Crippen LogP contribution in [0, 0.1) is 6.92 Å². The summed E-state index contributed by atoms with van der Waals surface area (Å²) in [5.41, 5.74) is 1.20. The molecule has 0 bridgehead atoms. The van der Waals surface area contributed by atoms with Gasteiger partial charge in [0.2, 0.25) is 11.2 Å². The van der Waals surface area contributed by atoms with Gasteiger partial charge in [-0.2, -0.15) is 15.0 Å². The van der Waals surface area contributed by atoms with E-state index in [2.05, 4.69) is 46.2 Å². The van der Waals surface area contributed by atoms with E-state index in [0.29, 0.717) is 11.1 Å². The van der Waals surface area contributed by atoms with Gasteiger partial charge in [0.1, 0.15) is 0 Å². The minimum atomic E-state index is 0.212. The molecule has 0 unspecified atom stereocenters. The maximum Gasteiger partial charge on any atom is 0.228 e. The zero-order valence-corrected chi connectivity index (χ0v) is 12.4. The highest BCUT2D eigenvalue weighted by Gasteiger charge is 2.06. The molecule has 0 saturated carbocycles. The molecule has 19 heavy (non-hydrogen) atoms. The number of anilines is 1. The predicted octanol–water partition coefficient (Wildman–Crippen LogP) is 3.81. The molecule has 0 amide bonds. The van der Waals surface area contributed by atoms with E-state index in [1.807, 2.05) is 12.1 Å². The SMILES string of the molecule is CCCNc1nc(Cl)nc(Sc2cccc(C)c2)n1. The molecule has 1 aromatic heterocycles. The second kappa shape index (κ2) is 6.73. The molecule has 0 saturated heterocycles. The van der Waals surface area contributed by atoms with Crippen molar-refractivity contribution in [2.45, 2.75) is 30.3 Å². The number of nitrogens with one attached hydrogen (secondary N) is 1. The Kier molecular flexibility index (Phi) is 4.99. The standard InChI is InChI=1S/C13H15ClN4S/c1-3-7-15-12-16-11(14)17-13(18-12)19-10-6-4-5-9(2)8-10/h4-6,8H,3,7H2,1-2H3,(H,15,16,17,18). The van der Waals surface area contributed by atoms with Gasteiger partial charge in [-0.05, 0) is 48.8 Å². The maximum absolute atomic E-state index is 5.91. The number of aromatic nitrogens is 3. The van der Waals surface area contributed by atoms with Crippen molar-refractivity contribution >= 4 is 29.3 Å². The molecule has 0 radical (unpaired) electrons. The summed E-state index contributed by atoms with van der Waals surface area (Å²) in [5, 5.41) is 3.93. The van der Waals surface area contributed by atoms with Crippen molar-refractivity contribution < 1.29 is 0 Å². The summed E-state index contributed by atoms with van der Waals surface area (Å²) in [7, 11) is 0. The van der Waals surface area contributed by atoms with E-state index in [0.717, 1.165) is 17.9 Å². The first kappa shape index (κ1) is 14.1. The summed E-state index contributed by atoms with van der Waals surface area (Å²) in [5.74, 6) is 0.525. The van der Waals surface area contributed by atoms with Gasteiger partial charge in [0.15, 0.2) is 5.16 Å². The molecule has 0 fully saturated rings. The van der Waals surface area contributed by atoms with Crippen molar-refractivity contribution in [3.05, 3.63) is 35.1 Å². The normalized spacial score (nSPS) is 10.5. The molecule has 2 aromatic rings. The summed E-state index contributed by atoms with van der Waals surface area (Å²) in [6.07, 6.45) is 1.00. The summed E-state index contributed by atoms with van der Waals surface area (Å²) in [6.45, 7) is 4.95. The molecule has 0 aliphatic carbocycles. The molecule has 1 heterocycles. The molecule has 0 aliphatic heterocycles. The average Bonchev–Trinajstić information content (AvgIpc) is 2.35. The molecule has 0 spiro atoms. The molecule has 4 nitrogen and oxygen atoms in total. The van der Waals surface area contributed by atoms with Crippen LogP contribution in [0.25, 0.3) is 0 Å². The van der Waals surface area contributed by atoms with Crippen molar-refractivity contribution in [1.29, 1.82) is 0 Å². The lowest BCUT2D eigenvalue weighted by Gasteiger charge is -2.05. The molecule has 0 atom stereocenters. The van der Waals surface area contributed by atoms with Crippen LogP contribution in [-0.2, 0) is 0 Å². The number of rotatable bonds is 5. The van der Waals surface area contributed by atoms with Crippen molar-refractivity contribution in [2.24, 2.45) is 0 Å². The third-order valence-corrected chi connectivity index (χ3v) is 3.34. The van der Waals surface area contributed by atoms with E-state index in [1.54, 1.807) is 0 Å². The van der Waals surface area contributed by atoms with Crippen LogP contribution in [0.3, 0.4) is 0 Å². The van der Waals surface area contributed by atoms with E-state index in [1.165, 1.54) is 17.3 Å². The Hall–Kier alpha value is -1.33. The van der Waals surface area contributed by atoms with E-state index in [4.69, 9.17) is 11.6 Å². The quantitative estimate of drug-likeness (QED) is 0.909. The molecular formula is C13H15ClN4S. The van der Waals surface area contributed by atoms with Crippen LogP contribution < -0.4 is 5.32 Å². The van der Waals surface area contributed by atoms with Crippen molar-refractivity contribution in [3.8, 4) is 0 Å². The molecule has 2 rings (SSSR count). The third-order valence-electron chi connectivity index (χ3n) is 2.32. The van der Waals surface area contributed by atoms with Gasteiger partial charge < -0.3 is 5.32 Å². The van der Waals surface area contributed by atoms with Crippen LogP contribution in [0.1, 0.15) is 18.9 Å². The number of halogens is 1. The molecular weight excluding hydrogens is 280 g/mol. The van der Waals surface area contributed by atoms with Gasteiger partial charge in [-0.25, -0.2) is 0 Å². The van der Waals surface area contributed by atoms with Crippen LogP contribution >= 0.6 is 23.4 Å². The highest BCUT2D eigenvalue weighted by molar-refractivity contribution is 7.99. The lowest BCUT2D eigenvalue weighted by Crippen LogP contribution is -2.06. The van der Waals surface area contributed by atoms with Crippen molar-refractivity contribution in [3.63, 3.8) is 0 Å².